The Balaban J connectivity index is 1.93. The molecule has 0 unspecified atom stereocenters. The minimum Gasteiger partial charge on any atom is -0.381 e. The van der Waals surface area contributed by atoms with Gasteiger partial charge in [0.05, 0.1) is 16.3 Å². The van der Waals surface area contributed by atoms with E-state index < -0.39 is 23.4 Å². The fourth-order valence-electron chi connectivity index (χ4n) is 2.79. The Bertz CT molecular complexity index is 779. The van der Waals surface area contributed by atoms with Crippen LogP contribution in [0.3, 0.4) is 0 Å². The Hall–Kier alpha value is -1.93. The second-order valence-corrected chi connectivity index (χ2v) is 6.42. The molecule has 1 saturated heterocycles. The molecule has 3 rings (SSSR count). The summed E-state index contributed by atoms with van der Waals surface area (Å²) in [4.78, 5) is 7.40. The molecule has 2 aromatic heterocycles. The van der Waals surface area contributed by atoms with Gasteiger partial charge in [-0.2, -0.15) is 17.6 Å². The molecular weight excluding hydrogens is 374 g/mol. The zero-order valence-corrected chi connectivity index (χ0v) is 14.4. The second-order valence-electron chi connectivity index (χ2n) is 6.01. The van der Waals surface area contributed by atoms with Crippen molar-refractivity contribution in [3.05, 3.63) is 40.9 Å². The van der Waals surface area contributed by atoms with Gasteiger partial charge >= 0.3 is 6.18 Å². The molecule has 26 heavy (non-hydrogen) atoms. The zero-order chi connectivity index (χ0) is 18.7. The number of ether oxygens (including phenoxy) is 1. The van der Waals surface area contributed by atoms with E-state index in [1.54, 1.807) is 0 Å². The van der Waals surface area contributed by atoms with Crippen LogP contribution in [0.25, 0.3) is 11.3 Å². The first-order chi connectivity index (χ1) is 12.3. The lowest BCUT2D eigenvalue weighted by atomic mass is 10.0. The summed E-state index contributed by atoms with van der Waals surface area (Å²) in [6, 6.07) is 3.03. The summed E-state index contributed by atoms with van der Waals surface area (Å²) in [6.45, 7) is 1.91. The lowest BCUT2D eigenvalue weighted by molar-refractivity contribution is -0.137. The van der Waals surface area contributed by atoms with E-state index in [4.69, 9.17) is 16.3 Å². The second kappa shape index (κ2) is 7.75. The first-order valence-electron chi connectivity index (χ1n) is 8.06. The molecule has 140 valence electrons. The van der Waals surface area contributed by atoms with Crippen LogP contribution in [0, 0.1) is 11.9 Å². The van der Waals surface area contributed by atoms with Gasteiger partial charge in [0.25, 0.3) is 0 Å². The predicted molar refractivity (Wildman–Crippen MR) is 89.5 cm³/mol. The number of nitrogens with zero attached hydrogens (tertiary/aromatic N) is 2. The molecule has 0 spiro atoms. The Kier molecular flexibility index (Phi) is 5.62. The fraction of sp³-hybridized carbons (Fsp3) is 0.412. The summed E-state index contributed by atoms with van der Waals surface area (Å²) >= 11 is 5.93. The van der Waals surface area contributed by atoms with Crippen molar-refractivity contribution in [2.75, 3.05) is 25.1 Å². The summed E-state index contributed by atoms with van der Waals surface area (Å²) in [5.41, 5.74) is -1.57. The number of alkyl halides is 3. The third-order valence-electron chi connectivity index (χ3n) is 4.19. The van der Waals surface area contributed by atoms with Gasteiger partial charge in [-0.05, 0) is 30.9 Å². The van der Waals surface area contributed by atoms with E-state index in [0.717, 1.165) is 31.2 Å². The van der Waals surface area contributed by atoms with Crippen LogP contribution in [0.4, 0.5) is 23.4 Å². The number of aromatic nitrogens is 2. The normalized spacial score (nSPS) is 15.9. The number of hydrogen-bond donors (Lipinski definition) is 1. The SMILES string of the molecule is Fc1cc(-c2nc(NCC3CCOCC3)ccc2C(F)(F)F)c(Cl)cn1. The van der Waals surface area contributed by atoms with Crippen LogP contribution in [0.1, 0.15) is 18.4 Å². The van der Waals surface area contributed by atoms with Gasteiger partial charge in [-0.25, -0.2) is 9.97 Å². The topological polar surface area (TPSA) is 47.0 Å². The van der Waals surface area contributed by atoms with Crippen molar-refractivity contribution in [2.45, 2.75) is 19.0 Å². The van der Waals surface area contributed by atoms with Gasteiger partial charge in [-0.15, -0.1) is 0 Å². The molecule has 4 nitrogen and oxygen atoms in total. The van der Waals surface area contributed by atoms with Gasteiger partial charge in [0, 0.05) is 37.6 Å². The van der Waals surface area contributed by atoms with Gasteiger partial charge in [0.2, 0.25) is 5.95 Å². The Labute approximate surface area is 152 Å². The van der Waals surface area contributed by atoms with Crippen LogP contribution in [-0.2, 0) is 10.9 Å². The van der Waals surface area contributed by atoms with Crippen LogP contribution in [0.2, 0.25) is 5.02 Å². The van der Waals surface area contributed by atoms with Crippen molar-refractivity contribution in [3.8, 4) is 11.3 Å². The van der Waals surface area contributed by atoms with Crippen molar-refractivity contribution in [3.63, 3.8) is 0 Å². The average Bonchev–Trinajstić information content (AvgIpc) is 2.62. The predicted octanol–water partition coefficient (Wildman–Crippen LogP) is 4.79. The maximum Gasteiger partial charge on any atom is 0.418 e. The molecule has 0 aromatic carbocycles. The molecule has 0 radical (unpaired) electrons. The van der Waals surface area contributed by atoms with Gasteiger partial charge < -0.3 is 10.1 Å². The lowest BCUT2D eigenvalue weighted by Crippen LogP contribution is -2.23. The number of pyridine rings is 2. The summed E-state index contributed by atoms with van der Waals surface area (Å²) in [5.74, 6) is -0.300. The number of anilines is 1. The van der Waals surface area contributed by atoms with Gasteiger partial charge in [-0.3, -0.25) is 0 Å². The molecule has 3 heterocycles. The highest BCUT2D eigenvalue weighted by atomic mass is 35.5. The van der Waals surface area contributed by atoms with Crippen molar-refractivity contribution < 1.29 is 22.3 Å². The molecule has 1 N–H and O–H groups in total. The molecule has 9 heteroatoms. The van der Waals surface area contributed by atoms with Gasteiger partial charge in [0.1, 0.15) is 5.82 Å². The molecule has 0 atom stereocenters. The fourth-order valence-corrected chi connectivity index (χ4v) is 2.98. The zero-order valence-electron chi connectivity index (χ0n) is 13.6. The van der Waals surface area contributed by atoms with E-state index >= 15 is 0 Å². The van der Waals surface area contributed by atoms with E-state index in [0.29, 0.717) is 25.7 Å². The molecule has 1 fully saturated rings. The van der Waals surface area contributed by atoms with Crippen LogP contribution >= 0.6 is 11.6 Å². The maximum atomic E-state index is 13.4. The molecule has 0 saturated carbocycles. The van der Waals surface area contributed by atoms with Crippen molar-refractivity contribution in [1.82, 2.24) is 9.97 Å². The Morgan fingerprint density at radius 1 is 1.23 bits per heavy atom. The summed E-state index contributed by atoms with van der Waals surface area (Å²) in [6.07, 6.45) is -1.93. The third-order valence-corrected chi connectivity index (χ3v) is 4.49. The summed E-state index contributed by atoms with van der Waals surface area (Å²) in [7, 11) is 0. The number of halogens is 5. The molecular formula is C17H16ClF4N3O. The van der Waals surface area contributed by atoms with Gasteiger partial charge in [-0.1, -0.05) is 11.6 Å². The Morgan fingerprint density at radius 3 is 2.65 bits per heavy atom. The van der Waals surface area contributed by atoms with Crippen LogP contribution in [-0.4, -0.2) is 29.7 Å². The van der Waals surface area contributed by atoms with Gasteiger partial charge in [0.15, 0.2) is 0 Å². The minimum atomic E-state index is -4.65. The van der Waals surface area contributed by atoms with E-state index in [1.165, 1.54) is 6.07 Å². The van der Waals surface area contributed by atoms with Crippen LogP contribution in [0.5, 0.6) is 0 Å². The standard InChI is InChI=1S/C17H16ClF4N3O/c18-13-9-23-14(19)7-11(13)16-12(17(20,21)22)1-2-15(25-16)24-8-10-3-5-26-6-4-10/h1-2,7,9-10H,3-6,8H2,(H,24,25). The van der Waals surface area contributed by atoms with E-state index in [-0.39, 0.29) is 16.4 Å². The van der Waals surface area contributed by atoms with E-state index in [9.17, 15) is 17.6 Å². The highest BCUT2D eigenvalue weighted by Gasteiger charge is 2.35. The Morgan fingerprint density at radius 2 is 1.96 bits per heavy atom. The number of nitrogens with one attached hydrogen (secondary N) is 1. The smallest absolute Gasteiger partial charge is 0.381 e. The summed E-state index contributed by atoms with van der Waals surface area (Å²) in [5, 5.41) is 2.95. The highest BCUT2D eigenvalue weighted by Crippen LogP contribution is 2.39. The molecule has 1 aliphatic heterocycles. The molecule has 0 bridgehead atoms. The first kappa shape index (κ1) is 18.8. The maximum absolute atomic E-state index is 13.4. The molecule has 1 aliphatic rings. The van der Waals surface area contributed by atoms with Crippen molar-refractivity contribution in [1.29, 1.82) is 0 Å². The lowest BCUT2D eigenvalue weighted by Gasteiger charge is -2.22. The molecule has 0 amide bonds. The monoisotopic (exact) mass is 389 g/mol. The first-order valence-corrected chi connectivity index (χ1v) is 8.43. The number of rotatable bonds is 4. The van der Waals surface area contributed by atoms with E-state index in [1.807, 2.05) is 0 Å². The largest absolute Gasteiger partial charge is 0.418 e. The molecule has 2 aromatic rings. The van der Waals surface area contributed by atoms with Crippen molar-refractivity contribution in [2.24, 2.45) is 5.92 Å². The average molecular weight is 390 g/mol. The summed E-state index contributed by atoms with van der Waals surface area (Å²) < 4.78 is 58.8. The quantitative estimate of drug-likeness (QED) is 0.603. The van der Waals surface area contributed by atoms with Crippen LogP contribution in [0.15, 0.2) is 24.4 Å². The minimum absolute atomic E-state index is 0.106. The highest BCUT2D eigenvalue weighted by molar-refractivity contribution is 6.33. The van der Waals surface area contributed by atoms with E-state index in [2.05, 4.69) is 15.3 Å². The molecule has 0 aliphatic carbocycles. The van der Waals surface area contributed by atoms with Crippen LogP contribution < -0.4 is 5.32 Å². The van der Waals surface area contributed by atoms with Crippen molar-refractivity contribution >= 4 is 17.4 Å². The third kappa shape index (κ3) is 4.42. The number of hydrogen-bond acceptors (Lipinski definition) is 4.